The second-order valence-electron chi connectivity index (χ2n) is 5.68. The van der Waals surface area contributed by atoms with E-state index in [2.05, 4.69) is 50.4 Å². The van der Waals surface area contributed by atoms with Crippen LogP contribution < -0.4 is 10.1 Å². The van der Waals surface area contributed by atoms with Crippen LogP contribution in [0.5, 0.6) is 5.75 Å². The lowest BCUT2D eigenvalue weighted by molar-refractivity contribution is 0.303. The molecule has 1 atom stereocenters. The number of ether oxygens (including phenoxy) is 1. The van der Waals surface area contributed by atoms with Gasteiger partial charge in [-0.25, -0.2) is 0 Å². The van der Waals surface area contributed by atoms with Gasteiger partial charge in [0.25, 0.3) is 0 Å². The molecule has 0 saturated heterocycles. The topological polar surface area (TPSA) is 21.3 Å². The van der Waals surface area contributed by atoms with Crippen molar-refractivity contribution in [1.82, 2.24) is 5.32 Å². The number of hydrogen-bond acceptors (Lipinski definition) is 2. The van der Waals surface area contributed by atoms with Gasteiger partial charge in [-0.15, -0.1) is 0 Å². The Morgan fingerprint density at radius 2 is 1.83 bits per heavy atom. The highest BCUT2D eigenvalue weighted by molar-refractivity contribution is 5.29. The van der Waals surface area contributed by atoms with Crippen LogP contribution >= 0.6 is 0 Å². The highest BCUT2D eigenvalue weighted by Crippen LogP contribution is 2.28. The highest BCUT2D eigenvalue weighted by atomic mass is 16.5. The number of benzene rings is 1. The Morgan fingerprint density at radius 3 is 2.39 bits per heavy atom. The van der Waals surface area contributed by atoms with Crippen molar-refractivity contribution in [1.29, 1.82) is 0 Å². The SMILES string of the molecule is CC(C)NCCC(C)c1ccc(OC2CC2)cc1. The predicted molar refractivity (Wildman–Crippen MR) is 76.3 cm³/mol. The Bertz CT molecular complexity index is 354. The molecule has 0 spiro atoms. The predicted octanol–water partition coefficient (Wildman–Crippen LogP) is 3.72. The summed E-state index contributed by atoms with van der Waals surface area (Å²) in [5.74, 6) is 1.62. The van der Waals surface area contributed by atoms with Gasteiger partial charge in [-0.05, 0) is 49.4 Å². The normalized spacial score (nSPS) is 16.9. The van der Waals surface area contributed by atoms with E-state index in [-0.39, 0.29) is 0 Å². The molecule has 0 amide bonds. The molecule has 1 aliphatic rings. The molecule has 18 heavy (non-hydrogen) atoms. The van der Waals surface area contributed by atoms with Gasteiger partial charge in [0.15, 0.2) is 0 Å². The summed E-state index contributed by atoms with van der Waals surface area (Å²) in [5, 5.41) is 3.47. The van der Waals surface area contributed by atoms with Crippen molar-refractivity contribution in [3.63, 3.8) is 0 Å². The molecule has 0 bridgehead atoms. The molecule has 100 valence electrons. The standard InChI is InChI=1S/C16H25NO/c1-12(2)17-11-10-13(3)14-4-6-15(7-5-14)18-16-8-9-16/h4-7,12-13,16-17H,8-11H2,1-3H3. The minimum atomic E-state index is 0.489. The van der Waals surface area contributed by atoms with Crippen LogP contribution in [0.3, 0.4) is 0 Å². The average Bonchev–Trinajstić information content (AvgIpc) is 3.13. The summed E-state index contributed by atoms with van der Waals surface area (Å²) in [5.41, 5.74) is 1.41. The zero-order chi connectivity index (χ0) is 13.0. The first-order chi connectivity index (χ1) is 8.65. The van der Waals surface area contributed by atoms with Crippen molar-refractivity contribution >= 4 is 0 Å². The second kappa shape index (κ2) is 6.24. The molecule has 1 fully saturated rings. The van der Waals surface area contributed by atoms with E-state index < -0.39 is 0 Å². The first-order valence-electron chi connectivity index (χ1n) is 7.15. The Kier molecular flexibility index (Phi) is 4.65. The zero-order valence-corrected chi connectivity index (χ0v) is 11.8. The third-order valence-corrected chi connectivity index (χ3v) is 3.41. The molecule has 1 N–H and O–H groups in total. The molecule has 1 aliphatic carbocycles. The summed E-state index contributed by atoms with van der Waals surface area (Å²) < 4.78 is 5.76. The Morgan fingerprint density at radius 1 is 1.17 bits per heavy atom. The van der Waals surface area contributed by atoms with Crippen molar-refractivity contribution in [3.05, 3.63) is 29.8 Å². The molecule has 2 heteroatoms. The van der Waals surface area contributed by atoms with Crippen LogP contribution in [0.25, 0.3) is 0 Å². The van der Waals surface area contributed by atoms with Crippen LogP contribution in [0.15, 0.2) is 24.3 Å². The van der Waals surface area contributed by atoms with E-state index in [1.807, 2.05) is 0 Å². The van der Waals surface area contributed by atoms with Crippen LogP contribution in [0.2, 0.25) is 0 Å². The monoisotopic (exact) mass is 247 g/mol. The lowest BCUT2D eigenvalue weighted by Gasteiger charge is -2.14. The van der Waals surface area contributed by atoms with E-state index in [1.165, 1.54) is 24.8 Å². The molecule has 0 radical (unpaired) electrons. The maximum Gasteiger partial charge on any atom is 0.119 e. The summed E-state index contributed by atoms with van der Waals surface area (Å²) in [7, 11) is 0. The molecule has 0 aliphatic heterocycles. The fourth-order valence-electron chi connectivity index (χ4n) is 2.01. The van der Waals surface area contributed by atoms with Crippen LogP contribution in [0.1, 0.15) is 51.5 Å². The quantitative estimate of drug-likeness (QED) is 0.793. The van der Waals surface area contributed by atoms with Gasteiger partial charge in [0.2, 0.25) is 0 Å². The Labute approximate surface area is 111 Å². The summed E-state index contributed by atoms with van der Waals surface area (Å²) in [6, 6.07) is 9.21. The third-order valence-electron chi connectivity index (χ3n) is 3.41. The van der Waals surface area contributed by atoms with Crippen molar-refractivity contribution in [2.45, 2.75) is 58.1 Å². The zero-order valence-electron chi connectivity index (χ0n) is 11.8. The van der Waals surface area contributed by atoms with Crippen LogP contribution in [0, 0.1) is 0 Å². The van der Waals surface area contributed by atoms with Gasteiger partial charge in [0.05, 0.1) is 6.10 Å². The Balaban J connectivity index is 1.79. The number of hydrogen-bond donors (Lipinski definition) is 1. The van der Waals surface area contributed by atoms with Crippen LogP contribution in [0.4, 0.5) is 0 Å². The van der Waals surface area contributed by atoms with Gasteiger partial charge in [-0.3, -0.25) is 0 Å². The molecular formula is C16H25NO. The fraction of sp³-hybridized carbons (Fsp3) is 0.625. The van der Waals surface area contributed by atoms with Crippen molar-refractivity contribution in [2.24, 2.45) is 0 Å². The minimum Gasteiger partial charge on any atom is -0.490 e. The molecule has 0 aromatic heterocycles. The number of nitrogens with one attached hydrogen (secondary N) is 1. The van der Waals surface area contributed by atoms with E-state index in [0.29, 0.717) is 18.1 Å². The lowest BCUT2D eigenvalue weighted by Crippen LogP contribution is -2.24. The summed E-state index contributed by atoms with van der Waals surface area (Å²) in [4.78, 5) is 0. The van der Waals surface area contributed by atoms with Crippen molar-refractivity contribution < 1.29 is 4.74 Å². The van der Waals surface area contributed by atoms with Gasteiger partial charge in [0.1, 0.15) is 5.75 Å². The molecule has 2 rings (SSSR count). The van der Waals surface area contributed by atoms with Gasteiger partial charge in [-0.1, -0.05) is 32.9 Å². The first-order valence-corrected chi connectivity index (χ1v) is 7.15. The molecule has 1 aromatic rings. The molecule has 1 unspecified atom stereocenters. The Hall–Kier alpha value is -1.02. The second-order valence-corrected chi connectivity index (χ2v) is 5.68. The summed E-state index contributed by atoms with van der Waals surface area (Å²) >= 11 is 0. The molecular weight excluding hydrogens is 222 g/mol. The highest BCUT2D eigenvalue weighted by Gasteiger charge is 2.23. The van der Waals surface area contributed by atoms with Crippen molar-refractivity contribution in [3.8, 4) is 5.75 Å². The lowest BCUT2D eigenvalue weighted by atomic mass is 9.98. The van der Waals surface area contributed by atoms with Gasteiger partial charge in [-0.2, -0.15) is 0 Å². The smallest absolute Gasteiger partial charge is 0.119 e. The average molecular weight is 247 g/mol. The van der Waals surface area contributed by atoms with E-state index in [9.17, 15) is 0 Å². The maximum atomic E-state index is 5.76. The molecule has 1 saturated carbocycles. The minimum absolute atomic E-state index is 0.489. The van der Waals surface area contributed by atoms with Crippen LogP contribution in [-0.2, 0) is 0 Å². The largest absolute Gasteiger partial charge is 0.490 e. The van der Waals surface area contributed by atoms with Gasteiger partial charge in [0, 0.05) is 6.04 Å². The summed E-state index contributed by atoms with van der Waals surface area (Å²) in [6.07, 6.45) is 4.11. The van der Waals surface area contributed by atoms with Crippen molar-refractivity contribution in [2.75, 3.05) is 6.54 Å². The van der Waals surface area contributed by atoms with Gasteiger partial charge < -0.3 is 10.1 Å². The number of rotatable bonds is 7. The van der Waals surface area contributed by atoms with E-state index in [4.69, 9.17) is 4.74 Å². The summed E-state index contributed by atoms with van der Waals surface area (Å²) in [6.45, 7) is 7.75. The van der Waals surface area contributed by atoms with Gasteiger partial charge >= 0.3 is 0 Å². The molecule has 1 aromatic carbocycles. The molecule has 0 heterocycles. The first kappa shape index (κ1) is 13.4. The van der Waals surface area contributed by atoms with E-state index in [1.54, 1.807) is 0 Å². The van der Waals surface area contributed by atoms with Crippen LogP contribution in [-0.4, -0.2) is 18.7 Å². The van der Waals surface area contributed by atoms with E-state index in [0.717, 1.165) is 12.3 Å². The van der Waals surface area contributed by atoms with E-state index >= 15 is 0 Å². The third kappa shape index (κ3) is 4.34. The maximum absolute atomic E-state index is 5.76. The molecule has 2 nitrogen and oxygen atoms in total. The fourth-order valence-corrected chi connectivity index (χ4v) is 2.01.